The molecular weight excluding hydrogens is 296 g/mol. The number of ether oxygens (including phenoxy) is 1. The number of rotatable bonds is 9. The summed E-state index contributed by atoms with van der Waals surface area (Å²) in [6.07, 6.45) is -0.522. The summed E-state index contributed by atoms with van der Waals surface area (Å²) in [5, 5.41) is 15.4. The van der Waals surface area contributed by atoms with Gasteiger partial charge in [0.1, 0.15) is 18.5 Å². The highest BCUT2D eigenvalue weighted by atomic mass is 32.1. The first-order chi connectivity index (χ1) is 10.7. The predicted octanol–water partition coefficient (Wildman–Crippen LogP) is 2.38. The molecule has 120 valence electrons. The van der Waals surface area contributed by atoms with E-state index in [2.05, 4.69) is 41.8 Å². The molecule has 0 fully saturated rings. The average Bonchev–Trinajstić information content (AvgIpc) is 3.04. The van der Waals surface area contributed by atoms with Gasteiger partial charge in [0.25, 0.3) is 0 Å². The Labute approximate surface area is 136 Å². The molecular formula is C17H24N2O2S. The number of likely N-dealkylation sites (N-methyl/N-ethyl adjacent to an activating group) is 1. The highest BCUT2D eigenvalue weighted by Crippen LogP contribution is 2.22. The van der Waals surface area contributed by atoms with E-state index in [-0.39, 0.29) is 0 Å². The number of thiophene rings is 1. The second-order valence-corrected chi connectivity index (χ2v) is 6.41. The van der Waals surface area contributed by atoms with Crippen molar-refractivity contribution in [2.75, 3.05) is 33.8 Å². The lowest BCUT2D eigenvalue weighted by atomic mass is 10.2. The minimum atomic E-state index is -0.522. The number of aliphatic hydroxyl groups excluding tert-OH is 1. The maximum absolute atomic E-state index is 9.99. The summed E-state index contributed by atoms with van der Waals surface area (Å²) in [5.41, 5.74) is 0. The molecule has 1 aromatic heterocycles. The molecule has 0 radical (unpaired) electrons. The van der Waals surface area contributed by atoms with Crippen LogP contribution in [0.4, 0.5) is 0 Å². The van der Waals surface area contributed by atoms with Gasteiger partial charge in [-0.1, -0.05) is 24.3 Å². The first kappa shape index (κ1) is 17.0. The van der Waals surface area contributed by atoms with E-state index in [1.807, 2.05) is 30.3 Å². The Bertz CT molecular complexity index is 517. The molecule has 0 saturated carbocycles. The zero-order valence-electron chi connectivity index (χ0n) is 13.1. The van der Waals surface area contributed by atoms with Crippen LogP contribution < -0.4 is 10.1 Å². The zero-order chi connectivity index (χ0) is 15.8. The maximum Gasteiger partial charge on any atom is 0.119 e. The summed E-state index contributed by atoms with van der Waals surface area (Å²) in [4.78, 5) is 3.51. The van der Waals surface area contributed by atoms with E-state index in [9.17, 15) is 5.11 Å². The second kappa shape index (κ2) is 8.90. The fraction of sp³-hybridized carbons (Fsp3) is 0.412. The van der Waals surface area contributed by atoms with Crippen molar-refractivity contribution in [3.8, 4) is 5.75 Å². The van der Waals surface area contributed by atoms with Gasteiger partial charge in [-0.2, -0.15) is 0 Å². The predicted molar refractivity (Wildman–Crippen MR) is 91.6 cm³/mol. The van der Waals surface area contributed by atoms with Crippen LogP contribution in [0.2, 0.25) is 0 Å². The third kappa shape index (κ3) is 5.42. The third-order valence-corrected chi connectivity index (χ3v) is 4.37. The highest BCUT2D eigenvalue weighted by Gasteiger charge is 2.15. The molecule has 0 aliphatic rings. The van der Waals surface area contributed by atoms with Gasteiger partial charge >= 0.3 is 0 Å². The van der Waals surface area contributed by atoms with Gasteiger partial charge in [-0.15, -0.1) is 11.3 Å². The SMILES string of the molecule is CN(C)[C@H](CNC[C@H](O)COc1ccccc1)c1cccs1. The third-order valence-electron chi connectivity index (χ3n) is 3.40. The largest absolute Gasteiger partial charge is 0.491 e. The molecule has 1 heterocycles. The summed E-state index contributed by atoms with van der Waals surface area (Å²) in [7, 11) is 4.14. The lowest BCUT2D eigenvalue weighted by molar-refractivity contribution is 0.104. The van der Waals surface area contributed by atoms with Crippen molar-refractivity contribution in [3.05, 3.63) is 52.7 Å². The molecule has 2 rings (SSSR count). The Morgan fingerprint density at radius 1 is 1.14 bits per heavy atom. The van der Waals surface area contributed by atoms with E-state index in [1.54, 1.807) is 11.3 Å². The van der Waals surface area contributed by atoms with Crippen molar-refractivity contribution in [2.24, 2.45) is 0 Å². The average molecular weight is 320 g/mol. The number of aliphatic hydroxyl groups is 1. The van der Waals surface area contributed by atoms with Crippen LogP contribution in [0.3, 0.4) is 0 Å². The van der Waals surface area contributed by atoms with Gasteiger partial charge in [-0.05, 0) is 37.7 Å². The van der Waals surface area contributed by atoms with Crippen LogP contribution in [0.1, 0.15) is 10.9 Å². The minimum absolute atomic E-state index is 0.294. The molecule has 0 bridgehead atoms. The number of hydrogen-bond donors (Lipinski definition) is 2. The van der Waals surface area contributed by atoms with Gasteiger partial charge < -0.3 is 20.1 Å². The Balaban J connectivity index is 1.70. The number of nitrogens with one attached hydrogen (secondary N) is 1. The van der Waals surface area contributed by atoms with Crippen LogP contribution >= 0.6 is 11.3 Å². The second-order valence-electron chi connectivity index (χ2n) is 5.43. The van der Waals surface area contributed by atoms with E-state index in [0.29, 0.717) is 19.2 Å². The minimum Gasteiger partial charge on any atom is -0.491 e. The van der Waals surface area contributed by atoms with Gasteiger partial charge in [0.05, 0.1) is 6.04 Å². The van der Waals surface area contributed by atoms with Crippen LogP contribution in [0.25, 0.3) is 0 Å². The van der Waals surface area contributed by atoms with Gasteiger partial charge in [-0.25, -0.2) is 0 Å². The molecule has 0 aliphatic heterocycles. The van der Waals surface area contributed by atoms with Crippen molar-refractivity contribution in [3.63, 3.8) is 0 Å². The molecule has 22 heavy (non-hydrogen) atoms. The van der Waals surface area contributed by atoms with Crippen LogP contribution in [-0.4, -0.2) is 49.9 Å². The van der Waals surface area contributed by atoms with E-state index in [1.165, 1.54) is 4.88 Å². The quantitative estimate of drug-likeness (QED) is 0.745. The summed E-state index contributed by atoms with van der Waals surface area (Å²) >= 11 is 1.76. The molecule has 2 N–H and O–H groups in total. The van der Waals surface area contributed by atoms with Crippen LogP contribution in [0.15, 0.2) is 47.8 Å². The first-order valence-corrected chi connectivity index (χ1v) is 8.31. The van der Waals surface area contributed by atoms with Crippen LogP contribution in [0.5, 0.6) is 5.75 Å². The molecule has 2 atom stereocenters. The van der Waals surface area contributed by atoms with Crippen molar-refractivity contribution >= 4 is 11.3 Å². The van der Waals surface area contributed by atoms with Gasteiger partial charge in [0, 0.05) is 18.0 Å². The Hall–Kier alpha value is -1.40. The fourth-order valence-corrected chi connectivity index (χ4v) is 3.10. The van der Waals surface area contributed by atoms with E-state index in [4.69, 9.17) is 4.74 Å². The topological polar surface area (TPSA) is 44.7 Å². The Kier molecular flexibility index (Phi) is 6.86. The monoisotopic (exact) mass is 320 g/mol. The normalized spacial score (nSPS) is 14.0. The highest BCUT2D eigenvalue weighted by molar-refractivity contribution is 7.10. The molecule has 0 amide bonds. The molecule has 0 unspecified atom stereocenters. The van der Waals surface area contributed by atoms with Crippen molar-refractivity contribution < 1.29 is 9.84 Å². The smallest absolute Gasteiger partial charge is 0.119 e. The lowest BCUT2D eigenvalue weighted by Crippen LogP contribution is -2.36. The lowest BCUT2D eigenvalue weighted by Gasteiger charge is -2.24. The number of para-hydroxylation sites is 1. The van der Waals surface area contributed by atoms with Gasteiger partial charge in [-0.3, -0.25) is 0 Å². The standard InChI is InChI=1S/C17H24N2O2S/c1-19(2)16(17-9-6-10-22-17)12-18-11-14(20)13-21-15-7-4-3-5-8-15/h3-10,14,16,18,20H,11-13H2,1-2H3/t14-,16+/m0/s1. The maximum atomic E-state index is 9.99. The van der Waals surface area contributed by atoms with E-state index < -0.39 is 6.10 Å². The first-order valence-electron chi connectivity index (χ1n) is 7.43. The number of benzene rings is 1. The number of nitrogens with zero attached hydrogens (tertiary/aromatic N) is 1. The molecule has 4 nitrogen and oxygen atoms in total. The molecule has 0 saturated heterocycles. The summed E-state index contributed by atoms with van der Waals surface area (Å²) in [6, 6.07) is 14.1. The zero-order valence-corrected chi connectivity index (χ0v) is 13.9. The summed E-state index contributed by atoms with van der Waals surface area (Å²) in [6.45, 7) is 1.61. The van der Waals surface area contributed by atoms with E-state index >= 15 is 0 Å². The molecule has 1 aromatic carbocycles. The van der Waals surface area contributed by atoms with Gasteiger partial charge in [0.15, 0.2) is 0 Å². The summed E-state index contributed by atoms with van der Waals surface area (Å²) in [5.74, 6) is 0.784. The van der Waals surface area contributed by atoms with Crippen LogP contribution in [0, 0.1) is 0 Å². The van der Waals surface area contributed by atoms with Crippen molar-refractivity contribution in [1.82, 2.24) is 10.2 Å². The van der Waals surface area contributed by atoms with Crippen molar-refractivity contribution in [2.45, 2.75) is 12.1 Å². The van der Waals surface area contributed by atoms with Crippen molar-refractivity contribution in [1.29, 1.82) is 0 Å². The van der Waals surface area contributed by atoms with E-state index in [0.717, 1.165) is 12.3 Å². The fourth-order valence-electron chi connectivity index (χ4n) is 2.17. The molecule has 2 aromatic rings. The van der Waals surface area contributed by atoms with Crippen LogP contribution in [-0.2, 0) is 0 Å². The van der Waals surface area contributed by atoms with Gasteiger partial charge in [0.2, 0.25) is 0 Å². The Morgan fingerprint density at radius 3 is 2.55 bits per heavy atom. The summed E-state index contributed by atoms with van der Waals surface area (Å²) < 4.78 is 5.55. The number of hydrogen-bond acceptors (Lipinski definition) is 5. The molecule has 5 heteroatoms. The molecule has 0 aliphatic carbocycles. The Morgan fingerprint density at radius 2 is 1.91 bits per heavy atom. The molecule has 0 spiro atoms.